The zero-order chi connectivity index (χ0) is 41.4. The van der Waals surface area contributed by atoms with Gasteiger partial charge in [-0.25, -0.2) is 0 Å². The number of benzene rings is 1. The van der Waals surface area contributed by atoms with Crippen LogP contribution in [0.25, 0.3) is 0 Å². The lowest BCUT2D eigenvalue weighted by atomic mass is 9.94. The quantitative estimate of drug-likeness (QED) is 0.0403. The molecule has 0 saturated carbocycles. The van der Waals surface area contributed by atoms with Crippen molar-refractivity contribution in [3.05, 3.63) is 29.8 Å². The minimum absolute atomic E-state index is 0.0541. The molecule has 1 rings (SSSR count). The molecule has 0 aliphatic carbocycles. The Bertz CT molecular complexity index is 973. The van der Waals surface area contributed by atoms with Gasteiger partial charge in [-0.2, -0.15) is 0 Å². The fourth-order valence-corrected chi connectivity index (χ4v) is 8.05. The van der Waals surface area contributed by atoms with Gasteiger partial charge in [-0.1, -0.05) is 194 Å². The molecule has 0 amide bonds. The summed E-state index contributed by atoms with van der Waals surface area (Å²) in [5, 5.41) is 0. The van der Waals surface area contributed by atoms with Gasteiger partial charge in [0, 0.05) is 12.2 Å². The first-order valence-corrected chi connectivity index (χ1v) is 24.8. The summed E-state index contributed by atoms with van der Waals surface area (Å²) in [5.74, 6) is 0.279. The number of rotatable bonds is 42. The Hall–Kier alpha value is -2.08. The van der Waals surface area contributed by atoms with Crippen LogP contribution in [0.2, 0.25) is 0 Å². The first kappa shape index (κ1) is 52.9. The molecule has 0 fully saturated rings. The highest BCUT2D eigenvalue weighted by molar-refractivity contribution is 5.72. The number of nitrogen functional groups attached to an aromatic ring is 1. The Morgan fingerprint density at radius 3 is 1.16 bits per heavy atom. The molecule has 6 nitrogen and oxygen atoms in total. The second-order valence-corrected chi connectivity index (χ2v) is 17.4. The molecular formula is C51H94N2O4. The van der Waals surface area contributed by atoms with Crippen molar-refractivity contribution >= 4 is 17.6 Å². The number of nitrogens with two attached hydrogens (primary N) is 1. The molecule has 0 bridgehead atoms. The predicted octanol–water partition coefficient (Wildman–Crippen LogP) is 15.0. The number of esters is 2. The maximum absolute atomic E-state index is 13.0. The van der Waals surface area contributed by atoms with Gasteiger partial charge in [0.15, 0.2) is 0 Å². The van der Waals surface area contributed by atoms with Crippen LogP contribution in [0.5, 0.6) is 0 Å². The van der Waals surface area contributed by atoms with Crippen LogP contribution in [0, 0.1) is 11.8 Å². The first-order chi connectivity index (χ1) is 27.9. The van der Waals surface area contributed by atoms with E-state index in [0.717, 1.165) is 128 Å². The molecule has 0 aromatic heterocycles. The van der Waals surface area contributed by atoms with E-state index in [1.165, 1.54) is 108 Å². The number of anilines is 1. The standard InChI is InChI=1S/C51H94N2O4/c1-5-9-13-17-19-27-35-47(33-25-15-11-7-3)50(54)56-43-31-23-21-29-41-53(45-46-37-39-49(52)40-38-46)42-30-22-24-32-44-57-51(55)48(34-26-16-12-8-4)36-28-20-18-14-10-6-2/h37-40,47-48H,5-36,41-45,52H2,1-4H3. The SMILES string of the molecule is CCCCCCCCC(CCCCCC)C(=O)OCCCCCCN(CCCCCCOC(=O)C(CCCCCC)CCCCCCCC)Cc1ccc(N)cc1. The maximum atomic E-state index is 13.0. The third-order valence-electron chi connectivity index (χ3n) is 11.9. The minimum Gasteiger partial charge on any atom is -0.465 e. The van der Waals surface area contributed by atoms with Crippen molar-refractivity contribution in [3.63, 3.8) is 0 Å². The van der Waals surface area contributed by atoms with Crippen LogP contribution in [-0.4, -0.2) is 43.1 Å². The third-order valence-corrected chi connectivity index (χ3v) is 11.9. The number of hydrogen-bond donors (Lipinski definition) is 1. The topological polar surface area (TPSA) is 81.9 Å². The van der Waals surface area contributed by atoms with Crippen molar-refractivity contribution in [1.82, 2.24) is 4.90 Å². The normalized spacial score (nSPS) is 12.6. The molecule has 0 saturated heterocycles. The third kappa shape index (κ3) is 31.5. The van der Waals surface area contributed by atoms with Crippen molar-refractivity contribution in [2.45, 2.75) is 240 Å². The van der Waals surface area contributed by atoms with Crippen molar-refractivity contribution in [2.75, 3.05) is 32.0 Å². The highest BCUT2D eigenvalue weighted by Crippen LogP contribution is 2.22. The van der Waals surface area contributed by atoms with Crippen LogP contribution in [0.15, 0.2) is 24.3 Å². The van der Waals surface area contributed by atoms with Gasteiger partial charge < -0.3 is 15.2 Å². The Balaban J connectivity index is 2.42. The van der Waals surface area contributed by atoms with Gasteiger partial charge in [0.2, 0.25) is 0 Å². The molecule has 1 aromatic carbocycles. The minimum atomic E-state index is 0.0541. The largest absolute Gasteiger partial charge is 0.465 e. The first-order valence-electron chi connectivity index (χ1n) is 24.8. The zero-order valence-electron chi connectivity index (χ0n) is 38.3. The van der Waals surface area contributed by atoms with Gasteiger partial charge in [-0.15, -0.1) is 0 Å². The van der Waals surface area contributed by atoms with Gasteiger partial charge >= 0.3 is 11.9 Å². The smallest absolute Gasteiger partial charge is 0.308 e. The predicted molar refractivity (Wildman–Crippen MR) is 245 cm³/mol. The average Bonchev–Trinajstić information content (AvgIpc) is 3.21. The molecule has 6 heteroatoms. The van der Waals surface area contributed by atoms with Crippen LogP contribution < -0.4 is 5.73 Å². The molecule has 0 spiro atoms. The van der Waals surface area contributed by atoms with Crippen molar-refractivity contribution < 1.29 is 19.1 Å². The molecule has 1 aromatic rings. The number of carbonyl (C=O) groups is 2. The molecule has 0 aliphatic rings. The molecule has 2 N–H and O–H groups in total. The molecule has 0 aliphatic heterocycles. The van der Waals surface area contributed by atoms with E-state index < -0.39 is 0 Å². The number of unbranched alkanes of at least 4 members (excludes halogenated alkanes) is 22. The summed E-state index contributed by atoms with van der Waals surface area (Å²) in [6.07, 6.45) is 37.6. The van der Waals surface area contributed by atoms with Gasteiger partial charge in [-0.05, 0) is 82.2 Å². The van der Waals surface area contributed by atoms with E-state index in [1.807, 2.05) is 12.1 Å². The van der Waals surface area contributed by atoms with E-state index in [0.29, 0.717) is 13.2 Å². The second kappa shape index (κ2) is 39.4. The van der Waals surface area contributed by atoms with Crippen LogP contribution in [0.4, 0.5) is 5.69 Å². The van der Waals surface area contributed by atoms with Crippen molar-refractivity contribution in [1.29, 1.82) is 0 Å². The van der Waals surface area contributed by atoms with E-state index in [4.69, 9.17) is 15.2 Å². The monoisotopic (exact) mass is 799 g/mol. The number of hydrogen-bond acceptors (Lipinski definition) is 6. The Morgan fingerprint density at radius 1 is 0.456 bits per heavy atom. The Kier molecular flexibility index (Phi) is 36.6. The lowest BCUT2D eigenvalue weighted by Gasteiger charge is -2.23. The molecule has 332 valence electrons. The van der Waals surface area contributed by atoms with E-state index in [-0.39, 0.29) is 23.8 Å². The van der Waals surface area contributed by atoms with E-state index in [2.05, 4.69) is 44.7 Å². The van der Waals surface area contributed by atoms with Crippen molar-refractivity contribution in [3.8, 4) is 0 Å². The number of nitrogens with zero attached hydrogens (tertiary/aromatic N) is 1. The summed E-state index contributed by atoms with van der Waals surface area (Å²) < 4.78 is 11.7. The van der Waals surface area contributed by atoms with Crippen LogP contribution in [0.1, 0.15) is 239 Å². The molecule has 2 unspecified atom stereocenters. The van der Waals surface area contributed by atoms with Gasteiger partial charge in [0.05, 0.1) is 25.0 Å². The summed E-state index contributed by atoms with van der Waals surface area (Å²) >= 11 is 0. The summed E-state index contributed by atoms with van der Waals surface area (Å²) in [6.45, 7) is 13.2. The fraction of sp³-hybridized carbons (Fsp3) is 0.843. The molecular weight excluding hydrogens is 705 g/mol. The molecule has 57 heavy (non-hydrogen) atoms. The summed E-state index contributed by atoms with van der Waals surface area (Å²) in [7, 11) is 0. The molecule has 2 atom stereocenters. The van der Waals surface area contributed by atoms with E-state index in [1.54, 1.807) is 0 Å². The van der Waals surface area contributed by atoms with Gasteiger partial charge in [0.25, 0.3) is 0 Å². The highest BCUT2D eigenvalue weighted by atomic mass is 16.5. The molecule has 0 radical (unpaired) electrons. The van der Waals surface area contributed by atoms with E-state index in [9.17, 15) is 9.59 Å². The van der Waals surface area contributed by atoms with Crippen LogP contribution >= 0.6 is 0 Å². The lowest BCUT2D eigenvalue weighted by molar-refractivity contribution is -0.150. The maximum Gasteiger partial charge on any atom is 0.308 e. The van der Waals surface area contributed by atoms with Gasteiger partial charge in [0.1, 0.15) is 0 Å². The number of ether oxygens (including phenoxy) is 2. The lowest BCUT2D eigenvalue weighted by Crippen LogP contribution is -2.25. The average molecular weight is 799 g/mol. The second-order valence-electron chi connectivity index (χ2n) is 17.4. The summed E-state index contributed by atoms with van der Waals surface area (Å²) in [5.41, 5.74) is 8.09. The number of carbonyl (C=O) groups excluding carboxylic acids is 2. The van der Waals surface area contributed by atoms with Crippen LogP contribution in [-0.2, 0) is 25.6 Å². The highest BCUT2D eigenvalue weighted by Gasteiger charge is 2.20. The van der Waals surface area contributed by atoms with Crippen LogP contribution in [0.3, 0.4) is 0 Å². The van der Waals surface area contributed by atoms with Gasteiger partial charge in [-0.3, -0.25) is 14.5 Å². The Labute approximate surface area is 354 Å². The van der Waals surface area contributed by atoms with Crippen molar-refractivity contribution in [2.24, 2.45) is 11.8 Å². The Morgan fingerprint density at radius 2 is 0.772 bits per heavy atom. The summed E-state index contributed by atoms with van der Waals surface area (Å²) in [6, 6.07) is 8.31. The fourth-order valence-electron chi connectivity index (χ4n) is 8.05. The van der Waals surface area contributed by atoms with E-state index >= 15 is 0 Å². The molecule has 0 heterocycles. The zero-order valence-corrected chi connectivity index (χ0v) is 38.3. The summed E-state index contributed by atoms with van der Waals surface area (Å²) in [4.78, 5) is 28.7.